The molecule has 0 saturated carbocycles. The number of halogens is 1. The number of aromatic nitrogens is 1. The molecule has 0 aliphatic rings. The monoisotopic (exact) mass is 369 g/mol. The molecule has 1 heterocycles. The van der Waals surface area contributed by atoms with E-state index in [0.717, 1.165) is 20.5 Å². The summed E-state index contributed by atoms with van der Waals surface area (Å²) in [6, 6.07) is 8.74. The van der Waals surface area contributed by atoms with Crippen molar-refractivity contribution in [3.63, 3.8) is 0 Å². The molecule has 0 radical (unpaired) electrons. The Morgan fingerprint density at radius 3 is 2.74 bits per heavy atom. The molecular weight excluding hydrogens is 357 g/mol. The number of nitro groups is 1. The Labute approximate surface area is 124 Å². The van der Waals surface area contributed by atoms with E-state index in [9.17, 15) is 10.1 Å². The first-order valence-electron chi connectivity index (χ1n) is 5.65. The number of hydrogen-bond acceptors (Lipinski definition) is 4. The lowest BCUT2D eigenvalue weighted by atomic mass is 10.2. The molecule has 5 nitrogen and oxygen atoms in total. The van der Waals surface area contributed by atoms with Crippen LogP contribution in [0.5, 0.6) is 0 Å². The van der Waals surface area contributed by atoms with E-state index in [-0.39, 0.29) is 5.69 Å². The van der Waals surface area contributed by atoms with Crippen molar-refractivity contribution < 1.29 is 4.92 Å². The SMILES string of the molecule is Cc1ccc(CNc2ccc([N+](=O)[O-])cc2I)cn1. The predicted octanol–water partition coefficient (Wildman–Crippen LogP) is 3.51. The molecular formula is C13H12IN3O2. The van der Waals surface area contributed by atoms with E-state index < -0.39 is 4.92 Å². The fourth-order valence-corrected chi connectivity index (χ4v) is 2.25. The third-order valence-electron chi connectivity index (χ3n) is 2.62. The minimum atomic E-state index is -0.393. The van der Waals surface area contributed by atoms with Gasteiger partial charge in [0, 0.05) is 39.8 Å². The number of aryl methyl sites for hydroxylation is 1. The van der Waals surface area contributed by atoms with Crippen LogP contribution in [0.2, 0.25) is 0 Å². The van der Waals surface area contributed by atoms with Crippen LogP contribution in [0.4, 0.5) is 11.4 Å². The van der Waals surface area contributed by atoms with Crippen molar-refractivity contribution >= 4 is 34.0 Å². The zero-order chi connectivity index (χ0) is 13.8. The maximum Gasteiger partial charge on any atom is 0.270 e. The summed E-state index contributed by atoms with van der Waals surface area (Å²) in [5.41, 5.74) is 3.03. The lowest BCUT2D eigenvalue weighted by molar-refractivity contribution is -0.384. The van der Waals surface area contributed by atoms with E-state index in [4.69, 9.17) is 0 Å². The van der Waals surface area contributed by atoms with Crippen LogP contribution in [-0.2, 0) is 6.54 Å². The number of rotatable bonds is 4. The molecule has 98 valence electrons. The van der Waals surface area contributed by atoms with Crippen LogP contribution in [0.1, 0.15) is 11.3 Å². The smallest absolute Gasteiger partial charge is 0.270 e. The van der Waals surface area contributed by atoms with Gasteiger partial charge in [-0.2, -0.15) is 0 Å². The van der Waals surface area contributed by atoms with Gasteiger partial charge in [0.2, 0.25) is 0 Å². The maximum absolute atomic E-state index is 10.6. The number of pyridine rings is 1. The molecule has 2 rings (SSSR count). The zero-order valence-electron chi connectivity index (χ0n) is 10.3. The normalized spacial score (nSPS) is 10.2. The molecule has 0 aliphatic carbocycles. The molecule has 0 amide bonds. The lowest BCUT2D eigenvalue weighted by Crippen LogP contribution is -2.02. The first-order chi connectivity index (χ1) is 9.06. The zero-order valence-corrected chi connectivity index (χ0v) is 12.4. The first-order valence-corrected chi connectivity index (χ1v) is 6.73. The largest absolute Gasteiger partial charge is 0.380 e. The third kappa shape index (κ3) is 3.63. The van der Waals surface area contributed by atoms with E-state index in [1.807, 2.05) is 25.3 Å². The van der Waals surface area contributed by atoms with Crippen molar-refractivity contribution in [3.05, 3.63) is 61.5 Å². The minimum Gasteiger partial charge on any atom is -0.380 e. The van der Waals surface area contributed by atoms with E-state index in [2.05, 4.69) is 32.9 Å². The summed E-state index contributed by atoms with van der Waals surface area (Å²) in [4.78, 5) is 14.5. The Hall–Kier alpha value is -1.70. The quantitative estimate of drug-likeness (QED) is 0.509. The van der Waals surface area contributed by atoms with Crippen molar-refractivity contribution in [1.82, 2.24) is 4.98 Å². The summed E-state index contributed by atoms with van der Waals surface area (Å²) in [6.45, 7) is 2.58. The highest BCUT2D eigenvalue weighted by Gasteiger charge is 2.08. The number of nitrogens with one attached hydrogen (secondary N) is 1. The van der Waals surface area contributed by atoms with E-state index in [0.29, 0.717) is 6.54 Å². The molecule has 1 N–H and O–H groups in total. The Morgan fingerprint density at radius 1 is 1.37 bits per heavy atom. The summed E-state index contributed by atoms with van der Waals surface area (Å²) >= 11 is 2.08. The first kappa shape index (κ1) is 13.7. The third-order valence-corrected chi connectivity index (χ3v) is 3.51. The minimum absolute atomic E-state index is 0.104. The highest BCUT2D eigenvalue weighted by atomic mass is 127. The molecule has 6 heteroatoms. The highest BCUT2D eigenvalue weighted by Crippen LogP contribution is 2.24. The summed E-state index contributed by atoms with van der Waals surface area (Å²) in [6.07, 6.45) is 1.82. The van der Waals surface area contributed by atoms with Crippen LogP contribution in [0.25, 0.3) is 0 Å². The molecule has 0 aliphatic heterocycles. The fourth-order valence-electron chi connectivity index (χ4n) is 1.56. The fraction of sp³-hybridized carbons (Fsp3) is 0.154. The highest BCUT2D eigenvalue weighted by molar-refractivity contribution is 14.1. The van der Waals surface area contributed by atoms with Crippen molar-refractivity contribution in [3.8, 4) is 0 Å². The van der Waals surface area contributed by atoms with Crippen molar-refractivity contribution in [2.45, 2.75) is 13.5 Å². The van der Waals surface area contributed by atoms with Crippen LogP contribution in [0, 0.1) is 20.6 Å². The second-order valence-electron chi connectivity index (χ2n) is 4.08. The van der Waals surface area contributed by atoms with Crippen LogP contribution in [0.3, 0.4) is 0 Å². The Morgan fingerprint density at radius 2 is 2.16 bits per heavy atom. The second-order valence-corrected chi connectivity index (χ2v) is 5.24. The van der Waals surface area contributed by atoms with Gasteiger partial charge >= 0.3 is 0 Å². The van der Waals surface area contributed by atoms with Crippen LogP contribution in [-0.4, -0.2) is 9.91 Å². The molecule has 0 bridgehead atoms. The van der Waals surface area contributed by atoms with Crippen LogP contribution in [0.15, 0.2) is 36.5 Å². The van der Waals surface area contributed by atoms with Gasteiger partial charge in [-0.1, -0.05) is 6.07 Å². The topological polar surface area (TPSA) is 68.1 Å². The van der Waals surface area contributed by atoms with Gasteiger partial charge in [-0.3, -0.25) is 15.1 Å². The molecule has 19 heavy (non-hydrogen) atoms. The van der Waals surface area contributed by atoms with Gasteiger partial charge in [0.25, 0.3) is 5.69 Å². The van der Waals surface area contributed by atoms with Gasteiger partial charge in [-0.25, -0.2) is 0 Å². The standard InChI is InChI=1S/C13H12IN3O2/c1-9-2-3-10(7-15-9)8-16-13-5-4-11(17(18)19)6-12(13)14/h2-7,16H,8H2,1H3. The number of benzene rings is 1. The molecule has 0 saturated heterocycles. The van der Waals surface area contributed by atoms with E-state index in [1.54, 1.807) is 12.1 Å². The Kier molecular flexibility index (Phi) is 4.31. The number of nitrogens with zero attached hydrogens (tertiary/aromatic N) is 2. The van der Waals surface area contributed by atoms with Crippen LogP contribution < -0.4 is 5.32 Å². The number of nitro benzene ring substituents is 1. The number of non-ortho nitro benzene ring substituents is 1. The summed E-state index contributed by atoms with van der Waals surface area (Å²) in [5.74, 6) is 0. The molecule has 0 unspecified atom stereocenters. The Balaban J connectivity index is 2.07. The molecule has 0 spiro atoms. The average molecular weight is 369 g/mol. The molecule has 1 aromatic carbocycles. The van der Waals surface area contributed by atoms with Gasteiger partial charge in [0.05, 0.1) is 4.92 Å². The summed E-state index contributed by atoms with van der Waals surface area (Å²) in [7, 11) is 0. The van der Waals surface area contributed by atoms with Crippen LogP contribution >= 0.6 is 22.6 Å². The summed E-state index contributed by atoms with van der Waals surface area (Å²) in [5, 5.41) is 13.9. The van der Waals surface area contributed by atoms with Gasteiger partial charge in [-0.15, -0.1) is 0 Å². The molecule has 1 aromatic heterocycles. The summed E-state index contributed by atoms with van der Waals surface area (Å²) < 4.78 is 0.826. The lowest BCUT2D eigenvalue weighted by Gasteiger charge is -2.08. The predicted molar refractivity (Wildman–Crippen MR) is 82.1 cm³/mol. The van der Waals surface area contributed by atoms with Gasteiger partial charge in [0.1, 0.15) is 0 Å². The van der Waals surface area contributed by atoms with E-state index >= 15 is 0 Å². The van der Waals surface area contributed by atoms with Crippen molar-refractivity contribution in [2.24, 2.45) is 0 Å². The van der Waals surface area contributed by atoms with Gasteiger partial charge in [-0.05, 0) is 47.2 Å². The molecule has 2 aromatic rings. The second kappa shape index (κ2) is 5.96. The van der Waals surface area contributed by atoms with Gasteiger partial charge in [0.15, 0.2) is 0 Å². The Bertz CT molecular complexity index is 599. The average Bonchev–Trinajstić information content (AvgIpc) is 2.39. The van der Waals surface area contributed by atoms with E-state index in [1.165, 1.54) is 6.07 Å². The number of anilines is 1. The van der Waals surface area contributed by atoms with Crippen molar-refractivity contribution in [1.29, 1.82) is 0 Å². The molecule has 0 atom stereocenters. The maximum atomic E-state index is 10.6. The number of hydrogen-bond donors (Lipinski definition) is 1. The van der Waals surface area contributed by atoms with Crippen molar-refractivity contribution in [2.75, 3.05) is 5.32 Å². The molecule has 0 fully saturated rings. The van der Waals surface area contributed by atoms with Gasteiger partial charge < -0.3 is 5.32 Å².